The van der Waals surface area contributed by atoms with Gasteiger partial charge >= 0.3 is 0 Å². The average molecular weight is 489 g/mol. The standard InChI is InChI=1S/C27H27N3O6/c31-18-21(16-26(34)35)28-25(33)17-30-22(15-20-9-5-2-6-10-20)12-13-23(27(30)36)29-24(32)14-11-19-7-3-1-4-8-19/h1-10,12-13,18,21H,11,14-17H2,(H,28,33)(H,29,32)(H,34,35)/p-1. The first-order valence-electron chi connectivity index (χ1n) is 11.4. The molecule has 186 valence electrons. The molecule has 0 saturated heterocycles. The molecule has 0 radical (unpaired) electrons. The van der Waals surface area contributed by atoms with E-state index < -0.39 is 36.4 Å². The molecular weight excluding hydrogens is 462 g/mol. The van der Waals surface area contributed by atoms with E-state index in [1.54, 1.807) is 6.07 Å². The van der Waals surface area contributed by atoms with Crippen LogP contribution in [0.15, 0.2) is 77.6 Å². The van der Waals surface area contributed by atoms with Crippen molar-refractivity contribution in [2.75, 3.05) is 5.32 Å². The number of carbonyl (C=O) groups excluding carboxylic acids is 4. The molecule has 0 bridgehead atoms. The van der Waals surface area contributed by atoms with Gasteiger partial charge in [0.25, 0.3) is 5.56 Å². The number of anilines is 1. The lowest BCUT2D eigenvalue weighted by molar-refractivity contribution is -0.306. The number of pyridine rings is 1. The normalized spacial score (nSPS) is 11.3. The van der Waals surface area contributed by atoms with Gasteiger partial charge in [0.1, 0.15) is 18.5 Å². The summed E-state index contributed by atoms with van der Waals surface area (Å²) in [7, 11) is 0. The minimum absolute atomic E-state index is 0.0133. The van der Waals surface area contributed by atoms with Crippen LogP contribution in [0.4, 0.5) is 5.69 Å². The van der Waals surface area contributed by atoms with Crippen LogP contribution in [0, 0.1) is 0 Å². The van der Waals surface area contributed by atoms with Crippen molar-refractivity contribution < 1.29 is 24.3 Å². The molecule has 0 saturated carbocycles. The molecular formula is C27H26N3O6-. The lowest BCUT2D eigenvalue weighted by Gasteiger charge is -2.17. The largest absolute Gasteiger partial charge is 0.550 e. The Labute approximate surface area is 207 Å². The molecule has 0 fully saturated rings. The zero-order valence-corrected chi connectivity index (χ0v) is 19.5. The fraction of sp³-hybridized carbons (Fsp3) is 0.222. The summed E-state index contributed by atoms with van der Waals surface area (Å²) >= 11 is 0. The van der Waals surface area contributed by atoms with Crippen LogP contribution in [0.2, 0.25) is 0 Å². The molecule has 0 aliphatic carbocycles. The summed E-state index contributed by atoms with van der Waals surface area (Å²) in [6, 6.07) is 20.6. The molecule has 1 heterocycles. The fourth-order valence-electron chi connectivity index (χ4n) is 3.67. The number of aliphatic carboxylic acids is 1. The van der Waals surface area contributed by atoms with Gasteiger partial charge in [0.15, 0.2) is 0 Å². The predicted octanol–water partition coefficient (Wildman–Crippen LogP) is 0.834. The van der Waals surface area contributed by atoms with Crippen molar-refractivity contribution in [1.29, 1.82) is 0 Å². The van der Waals surface area contributed by atoms with Crippen molar-refractivity contribution in [2.24, 2.45) is 0 Å². The smallest absolute Gasteiger partial charge is 0.275 e. The van der Waals surface area contributed by atoms with Crippen LogP contribution in [0.3, 0.4) is 0 Å². The van der Waals surface area contributed by atoms with Crippen molar-refractivity contribution in [2.45, 2.75) is 38.3 Å². The lowest BCUT2D eigenvalue weighted by atomic mass is 10.1. The minimum Gasteiger partial charge on any atom is -0.550 e. The number of nitrogens with zero attached hydrogens (tertiary/aromatic N) is 1. The summed E-state index contributed by atoms with van der Waals surface area (Å²) in [5.74, 6) is -2.57. The second-order valence-corrected chi connectivity index (χ2v) is 8.21. The Morgan fingerprint density at radius 3 is 2.14 bits per heavy atom. The molecule has 9 nitrogen and oxygen atoms in total. The van der Waals surface area contributed by atoms with Gasteiger partial charge < -0.3 is 29.9 Å². The number of carboxylic acids is 1. The van der Waals surface area contributed by atoms with Crippen LogP contribution < -0.4 is 21.3 Å². The summed E-state index contributed by atoms with van der Waals surface area (Å²) in [6.45, 7) is -0.466. The zero-order valence-electron chi connectivity index (χ0n) is 19.5. The highest BCUT2D eigenvalue weighted by Crippen LogP contribution is 2.12. The maximum Gasteiger partial charge on any atom is 0.275 e. The van der Waals surface area contributed by atoms with Crippen molar-refractivity contribution in [3.63, 3.8) is 0 Å². The molecule has 1 aromatic heterocycles. The number of aldehydes is 1. The molecule has 2 aromatic carbocycles. The molecule has 36 heavy (non-hydrogen) atoms. The van der Waals surface area contributed by atoms with E-state index in [1.807, 2.05) is 60.7 Å². The van der Waals surface area contributed by atoms with Crippen LogP contribution in [-0.2, 0) is 38.6 Å². The van der Waals surface area contributed by atoms with E-state index in [2.05, 4.69) is 10.6 Å². The van der Waals surface area contributed by atoms with E-state index in [9.17, 15) is 29.1 Å². The Balaban J connectivity index is 1.81. The van der Waals surface area contributed by atoms with E-state index in [-0.39, 0.29) is 18.0 Å². The number of carboxylic acid groups (broad SMARTS) is 1. The van der Waals surface area contributed by atoms with Gasteiger partial charge in [-0.2, -0.15) is 0 Å². The van der Waals surface area contributed by atoms with E-state index in [4.69, 9.17) is 0 Å². The van der Waals surface area contributed by atoms with Crippen LogP contribution >= 0.6 is 0 Å². The molecule has 9 heteroatoms. The van der Waals surface area contributed by atoms with Crippen LogP contribution in [0.25, 0.3) is 0 Å². The Bertz CT molecular complexity index is 1270. The SMILES string of the molecule is O=CC(CC(=O)[O-])NC(=O)Cn1c(Cc2ccccc2)ccc(NC(=O)CCc2ccccc2)c1=O. The number of benzene rings is 2. The summed E-state index contributed by atoms with van der Waals surface area (Å²) in [6.07, 6.45) is 0.617. The van der Waals surface area contributed by atoms with Crippen molar-refractivity contribution in [3.8, 4) is 0 Å². The topological polar surface area (TPSA) is 137 Å². The summed E-state index contributed by atoms with van der Waals surface area (Å²) < 4.78 is 1.20. The Morgan fingerprint density at radius 1 is 0.889 bits per heavy atom. The summed E-state index contributed by atoms with van der Waals surface area (Å²) in [5.41, 5.74) is 1.81. The number of nitrogens with one attached hydrogen (secondary N) is 2. The van der Waals surface area contributed by atoms with Crippen molar-refractivity contribution >= 4 is 29.8 Å². The number of carbonyl (C=O) groups is 4. The number of aromatic nitrogens is 1. The Hall–Kier alpha value is -4.53. The highest BCUT2D eigenvalue weighted by molar-refractivity contribution is 5.90. The number of amides is 2. The molecule has 0 aliphatic rings. The van der Waals surface area contributed by atoms with Gasteiger partial charge in [0.05, 0.1) is 6.04 Å². The second-order valence-electron chi connectivity index (χ2n) is 8.21. The van der Waals surface area contributed by atoms with E-state index in [1.165, 1.54) is 10.6 Å². The van der Waals surface area contributed by atoms with Crippen LogP contribution in [0.5, 0.6) is 0 Å². The molecule has 1 atom stereocenters. The number of hydrogen-bond donors (Lipinski definition) is 2. The van der Waals surface area contributed by atoms with Gasteiger partial charge in [-0.25, -0.2) is 0 Å². The first-order chi connectivity index (χ1) is 17.4. The first kappa shape index (κ1) is 26.1. The third kappa shape index (κ3) is 7.76. The third-order valence-corrected chi connectivity index (χ3v) is 5.45. The highest BCUT2D eigenvalue weighted by atomic mass is 16.4. The number of hydrogen-bond acceptors (Lipinski definition) is 6. The van der Waals surface area contributed by atoms with Gasteiger partial charge in [-0.15, -0.1) is 0 Å². The quantitative estimate of drug-likeness (QED) is 0.362. The Morgan fingerprint density at radius 2 is 1.53 bits per heavy atom. The zero-order chi connectivity index (χ0) is 25.9. The summed E-state index contributed by atoms with van der Waals surface area (Å²) in [4.78, 5) is 60.2. The van der Waals surface area contributed by atoms with Crippen molar-refractivity contribution in [1.82, 2.24) is 9.88 Å². The predicted molar refractivity (Wildman–Crippen MR) is 131 cm³/mol. The third-order valence-electron chi connectivity index (χ3n) is 5.45. The molecule has 0 spiro atoms. The van der Waals surface area contributed by atoms with E-state index >= 15 is 0 Å². The van der Waals surface area contributed by atoms with Gasteiger partial charge in [-0.3, -0.25) is 14.4 Å². The van der Waals surface area contributed by atoms with Gasteiger partial charge in [-0.05, 0) is 29.7 Å². The number of aryl methyl sites for hydroxylation is 1. The molecule has 2 N–H and O–H groups in total. The molecule has 3 aromatic rings. The molecule has 1 unspecified atom stereocenters. The molecule has 0 aliphatic heterocycles. The van der Waals surface area contributed by atoms with Crippen LogP contribution in [-0.4, -0.2) is 34.7 Å². The number of rotatable bonds is 12. The van der Waals surface area contributed by atoms with Crippen LogP contribution in [0.1, 0.15) is 29.7 Å². The van der Waals surface area contributed by atoms with E-state index in [0.717, 1.165) is 11.1 Å². The first-order valence-corrected chi connectivity index (χ1v) is 11.4. The average Bonchev–Trinajstić information content (AvgIpc) is 2.87. The van der Waals surface area contributed by atoms with E-state index in [0.29, 0.717) is 24.8 Å². The monoisotopic (exact) mass is 488 g/mol. The fourth-order valence-corrected chi connectivity index (χ4v) is 3.67. The maximum absolute atomic E-state index is 13.3. The van der Waals surface area contributed by atoms with Crippen molar-refractivity contribution in [3.05, 3.63) is 100.0 Å². The second kappa shape index (κ2) is 12.8. The minimum atomic E-state index is -1.49. The summed E-state index contributed by atoms with van der Waals surface area (Å²) in [5, 5.41) is 15.7. The van der Waals surface area contributed by atoms with Gasteiger partial charge in [0.2, 0.25) is 11.8 Å². The maximum atomic E-state index is 13.3. The molecule has 2 amide bonds. The Kier molecular flexibility index (Phi) is 9.27. The lowest BCUT2D eigenvalue weighted by Crippen LogP contribution is -2.43. The van der Waals surface area contributed by atoms with Gasteiger partial charge in [0, 0.05) is 30.9 Å². The molecule has 3 rings (SSSR count). The van der Waals surface area contributed by atoms with Gasteiger partial charge in [-0.1, -0.05) is 60.7 Å². The highest BCUT2D eigenvalue weighted by Gasteiger charge is 2.17.